The molecular weight excluding hydrogens is 410 g/mol. The Bertz CT molecular complexity index is 959. The first kappa shape index (κ1) is 21.8. The molecule has 2 aromatic carbocycles. The predicted octanol–water partition coefficient (Wildman–Crippen LogP) is 2.87. The van der Waals surface area contributed by atoms with E-state index < -0.39 is 10.0 Å². The van der Waals surface area contributed by atoms with Crippen LogP contribution in [-0.4, -0.2) is 38.4 Å². The van der Waals surface area contributed by atoms with Crippen LogP contribution in [0.4, 0.5) is 0 Å². The molecule has 0 heterocycles. The maximum Gasteiger partial charge on any atom is 0.238 e. The van der Waals surface area contributed by atoms with E-state index in [9.17, 15) is 13.2 Å². The molecule has 1 atom stereocenters. The van der Waals surface area contributed by atoms with Gasteiger partial charge in [0.05, 0.1) is 11.4 Å². The summed E-state index contributed by atoms with van der Waals surface area (Å²) in [6.07, 6.45) is 2.80. The van der Waals surface area contributed by atoms with Crippen molar-refractivity contribution in [2.75, 3.05) is 13.1 Å². The number of hydrogen-bond acceptors (Lipinski definition) is 4. The number of hydrogen-bond donors (Lipinski definition) is 2. The smallest absolute Gasteiger partial charge is 0.238 e. The summed E-state index contributed by atoms with van der Waals surface area (Å²) in [6, 6.07) is 14.6. The molecule has 0 aliphatic heterocycles. The van der Waals surface area contributed by atoms with E-state index in [-0.39, 0.29) is 16.8 Å². The van der Waals surface area contributed by atoms with Crippen molar-refractivity contribution < 1.29 is 13.2 Å². The van der Waals surface area contributed by atoms with Crippen LogP contribution < -0.4 is 10.5 Å². The third-order valence-corrected chi connectivity index (χ3v) is 6.46. The van der Waals surface area contributed by atoms with Crippen LogP contribution in [0.15, 0.2) is 53.4 Å². The van der Waals surface area contributed by atoms with Gasteiger partial charge in [0, 0.05) is 23.7 Å². The molecule has 1 aliphatic rings. The number of carbonyl (C=O) groups excluding carboxylic acids is 1. The fraction of sp³-hybridized carbons (Fsp3) is 0.381. The highest BCUT2D eigenvalue weighted by atomic mass is 35.5. The van der Waals surface area contributed by atoms with E-state index in [1.165, 1.54) is 12.1 Å². The molecule has 1 aliphatic carbocycles. The molecular formula is C21H26ClN3O3S. The van der Waals surface area contributed by atoms with Crippen LogP contribution in [0, 0.1) is 0 Å². The summed E-state index contributed by atoms with van der Waals surface area (Å²) in [5.41, 5.74) is 1.96. The van der Waals surface area contributed by atoms with Gasteiger partial charge in [0.15, 0.2) is 0 Å². The lowest BCUT2D eigenvalue weighted by atomic mass is 10.1. The number of amides is 1. The average molecular weight is 436 g/mol. The average Bonchev–Trinajstić information content (AvgIpc) is 3.51. The van der Waals surface area contributed by atoms with Gasteiger partial charge in [-0.05, 0) is 55.5 Å². The number of sulfonamides is 1. The zero-order valence-electron chi connectivity index (χ0n) is 16.3. The molecule has 0 radical (unpaired) electrons. The van der Waals surface area contributed by atoms with E-state index in [0.29, 0.717) is 30.6 Å². The Morgan fingerprint density at radius 2 is 1.86 bits per heavy atom. The number of benzene rings is 2. The highest BCUT2D eigenvalue weighted by molar-refractivity contribution is 7.89. The number of rotatable bonds is 9. The Morgan fingerprint density at radius 1 is 1.21 bits per heavy atom. The lowest BCUT2D eigenvalue weighted by molar-refractivity contribution is -0.122. The molecule has 0 bridgehead atoms. The fourth-order valence-electron chi connectivity index (χ4n) is 3.39. The molecule has 29 heavy (non-hydrogen) atoms. The molecule has 1 unspecified atom stereocenters. The maximum atomic E-state index is 12.5. The molecule has 1 fully saturated rings. The lowest BCUT2D eigenvalue weighted by Crippen LogP contribution is -2.40. The molecule has 3 rings (SSSR count). The summed E-state index contributed by atoms with van der Waals surface area (Å²) in [5, 5.41) is 8.77. The number of primary sulfonamides is 1. The topological polar surface area (TPSA) is 92.5 Å². The quantitative estimate of drug-likeness (QED) is 0.633. The summed E-state index contributed by atoms with van der Waals surface area (Å²) < 4.78 is 22.6. The Balaban J connectivity index is 1.53. The van der Waals surface area contributed by atoms with E-state index in [1.807, 2.05) is 24.3 Å². The second-order valence-corrected chi connectivity index (χ2v) is 9.36. The largest absolute Gasteiger partial charge is 0.355 e. The van der Waals surface area contributed by atoms with Crippen LogP contribution >= 0.6 is 11.6 Å². The fourth-order valence-corrected chi connectivity index (χ4v) is 4.20. The van der Waals surface area contributed by atoms with Gasteiger partial charge in [0.2, 0.25) is 15.9 Å². The summed E-state index contributed by atoms with van der Waals surface area (Å²) in [7, 11) is -3.69. The molecule has 6 nitrogen and oxygen atoms in total. The standard InChI is InChI=1S/C21H26ClN3O3S/c1-15(19-4-2-3-5-20(19)22)25(17-8-9-17)14-21(26)24-13-12-16-6-10-18(11-7-16)29(23,27)28/h2-7,10-11,15,17H,8-9,12-14H2,1H3,(H,24,26)(H2,23,27,28). The Kier molecular flexibility index (Phi) is 6.95. The van der Waals surface area contributed by atoms with Crippen LogP contribution in [0.25, 0.3) is 0 Å². The van der Waals surface area contributed by atoms with Gasteiger partial charge in [-0.25, -0.2) is 13.6 Å². The Hall–Kier alpha value is -1.93. The van der Waals surface area contributed by atoms with Crippen molar-refractivity contribution in [3.05, 3.63) is 64.7 Å². The first-order chi connectivity index (χ1) is 13.8. The highest BCUT2D eigenvalue weighted by Gasteiger charge is 2.34. The van der Waals surface area contributed by atoms with E-state index >= 15 is 0 Å². The lowest BCUT2D eigenvalue weighted by Gasteiger charge is -2.29. The molecule has 0 spiro atoms. The summed E-state index contributed by atoms with van der Waals surface area (Å²) in [5.74, 6) is -0.0306. The third-order valence-electron chi connectivity index (χ3n) is 5.18. The second kappa shape index (κ2) is 9.26. The monoisotopic (exact) mass is 435 g/mol. The summed E-state index contributed by atoms with van der Waals surface area (Å²) in [6.45, 7) is 2.88. The van der Waals surface area contributed by atoms with Crippen LogP contribution in [0.3, 0.4) is 0 Å². The molecule has 156 valence electrons. The van der Waals surface area contributed by atoms with E-state index in [1.54, 1.807) is 12.1 Å². The van der Waals surface area contributed by atoms with Gasteiger partial charge in [-0.3, -0.25) is 9.69 Å². The van der Waals surface area contributed by atoms with Crippen molar-refractivity contribution >= 4 is 27.5 Å². The third kappa shape index (κ3) is 6.02. The highest BCUT2D eigenvalue weighted by Crippen LogP contribution is 2.36. The van der Waals surface area contributed by atoms with Gasteiger partial charge in [-0.1, -0.05) is 41.9 Å². The molecule has 0 aromatic heterocycles. The van der Waals surface area contributed by atoms with Gasteiger partial charge < -0.3 is 5.32 Å². The van der Waals surface area contributed by atoms with Crippen molar-refractivity contribution in [2.45, 2.75) is 43.2 Å². The number of carbonyl (C=O) groups is 1. The second-order valence-electron chi connectivity index (χ2n) is 7.39. The first-order valence-electron chi connectivity index (χ1n) is 9.64. The van der Waals surface area contributed by atoms with Gasteiger partial charge in [0.1, 0.15) is 0 Å². The van der Waals surface area contributed by atoms with Crippen LogP contribution in [-0.2, 0) is 21.2 Å². The molecule has 1 saturated carbocycles. The van der Waals surface area contributed by atoms with Crippen LogP contribution in [0.2, 0.25) is 5.02 Å². The van der Waals surface area contributed by atoms with Gasteiger partial charge >= 0.3 is 0 Å². The number of nitrogens with two attached hydrogens (primary N) is 1. The zero-order valence-corrected chi connectivity index (χ0v) is 17.9. The maximum absolute atomic E-state index is 12.5. The van der Waals surface area contributed by atoms with E-state index in [2.05, 4.69) is 17.1 Å². The molecule has 3 N–H and O–H groups in total. The van der Waals surface area contributed by atoms with Crippen LogP contribution in [0.1, 0.15) is 36.9 Å². The summed E-state index contributed by atoms with van der Waals surface area (Å²) >= 11 is 6.34. The minimum absolute atomic E-state index is 0.0306. The summed E-state index contributed by atoms with van der Waals surface area (Å²) in [4.78, 5) is 14.8. The molecule has 2 aromatic rings. The normalized spacial score (nSPS) is 15.3. The number of nitrogens with one attached hydrogen (secondary N) is 1. The Labute approximate surface area is 177 Å². The van der Waals surface area contributed by atoms with Crippen molar-refractivity contribution in [3.63, 3.8) is 0 Å². The van der Waals surface area contributed by atoms with Crippen molar-refractivity contribution in [3.8, 4) is 0 Å². The molecule has 8 heteroatoms. The van der Waals surface area contributed by atoms with Gasteiger partial charge in [0.25, 0.3) is 0 Å². The molecule has 1 amide bonds. The van der Waals surface area contributed by atoms with Gasteiger partial charge in [-0.2, -0.15) is 0 Å². The van der Waals surface area contributed by atoms with Crippen molar-refractivity contribution in [2.24, 2.45) is 5.14 Å². The number of nitrogens with zero attached hydrogens (tertiary/aromatic N) is 1. The molecule has 0 saturated heterocycles. The van der Waals surface area contributed by atoms with Crippen molar-refractivity contribution in [1.82, 2.24) is 10.2 Å². The van der Waals surface area contributed by atoms with Crippen LogP contribution in [0.5, 0.6) is 0 Å². The number of halogens is 1. The van der Waals surface area contributed by atoms with E-state index in [0.717, 1.165) is 24.0 Å². The van der Waals surface area contributed by atoms with Gasteiger partial charge in [-0.15, -0.1) is 0 Å². The Morgan fingerprint density at radius 3 is 2.45 bits per heavy atom. The minimum atomic E-state index is -3.69. The zero-order chi connectivity index (χ0) is 21.0. The SMILES string of the molecule is CC(c1ccccc1Cl)N(CC(=O)NCCc1ccc(S(N)(=O)=O)cc1)C1CC1. The van der Waals surface area contributed by atoms with Crippen molar-refractivity contribution in [1.29, 1.82) is 0 Å². The first-order valence-corrected chi connectivity index (χ1v) is 11.6. The predicted molar refractivity (Wildman–Crippen MR) is 114 cm³/mol. The minimum Gasteiger partial charge on any atom is -0.355 e. The van der Waals surface area contributed by atoms with E-state index in [4.69, 9.17) is 16.7 Å².